The summed E-state index contributed by atoms with van der Waals surface area (Å²) in [5.41, 5.74) is 5.44. The van der Waals surface area contributed by atoms with Crippen molar-refractivity contribution in [1.82, 2.24) is 0 Å². The summed E-state index contributed by atoms with van der Waals surface area (Å²) in [6, 6.07) is -0.561. The van der Waals surface area contributed by atoms with Crippen molar-refractivity contribution in [3.63, 3.8) is 0 Å². The molecule has 1 fully saturated rings. The van der Waals surface area contributed by atoms with Gasteiger partial charge in [0.15, 0.2) is 0 Å². The first kappa shape index (κ1) is 9.86. The van der Waals surface area contributed by atoms with Crippen LogP contribution in [-0.4, -0.2) is 23.9 Å². The minimum Gasteiger partial charge on any atom is -0.461 e. The van der Waals surface area contributed by atoms with Crippen LogP contribution in [0.2, 0.25) is 0 Å². The summed E-state index contributed by atoms with van der Waals surface area (Å²) >= 11 is 3.93. The number of rotatable bonds is 3. The Morgan fingerprint density at radius 3 is 2.67 bits per heavy atom. The number of hydrogen-bond donors (Lipinski definition) is 2. The maximum Gasteiger partial charge on any atom is 0.324 e. The van der Waals surface area contributed by atoms with Crippen molar-refractivity contribution in [3.05, 3.63) is 0 Å². The van der Waals surface area contributed by atoms with Gasteiger partial charge in [0.05, 0.1) is 0 Å². The first-order valence-corrected chi connectivity index (χ1v) is 4.94. The van der Waals surface area contributed by atoms with Crippen LogP contribution in [0.4, 0.5) is 0 Å². The molecule has 0 aromatic carbocycles. The fourth-order valence-electron chi connectivity index (χ4n) is 1.33. The molecule has 1 aliphatic rings. The summed E-state index contributed by atoms with van der Waals surface area (Å²) in [5, 5.41) is 0. The molecule has 1 rings (SSSR count). The molecule has 0 saturated heterocycles. The average molecular weight is 189 g/mol. The molecule has 4 heteroatoms. The molecule has 1 aliphatic carbocycles. The number of nitrogens with two attached hydrogens (primary N) is 1. The van der Waals surface area contributed by atoms with E-state index in [-0.39, 0.29) is 12.1 Å². The van der Waals surface area contributed by atoms with E-state index < -0.39 is 6.04 Å². The van der Waals surface area contributed by atoms with Crippen LogP contribution in [0, 0.1) is 0 Å². The van der Waals surface area contributed by atoms with E-state index in [1.165, 1.54) is 0 Å². The largest absolute Gasteiger partial charge is 0.461 e. The summed E-state index contributed by atoms with van der Waals surface area (Å²) in [7, 11) is 0. The molecule has 1 saturated carbocycles. The minimum absolute atomic E-state index is 0.114. The Balaban J connectivity index is 2.25. The zero-order valence-electron chi connectivity index (χ0n) is 7.03. The lowest BCUT2D eigenvalue weighted by Gasteiger charge is -2.13. The fraction of sp³-hybridized carbons (Fsp3) is 0.875. The highest BCUT2D eigenvalue weighted by Gasteiger charge is 2.21. The fourth-order valence-corrected chi connectivity index (χ4v) is 1.48. The third-order valence-electron chi connectivity index (χ3n) is 2.08. The Hall–Kier alpha value is -0.220. The lowest BCUT2D eigenvalue weighted by atomic mass is 10.3. The Morgan fingerprint density at radius 2 is 2.17 bits per heavy atom. The van der Waals surface area contributed by atoms with Crippen molar-refractivity contribution in [2.75, 3.05) is 5.75 Å². The van der Waals surface area contributed by atoms with Crippen LogP contribution in [-0.2, 0) is 9.53 Å². The van der Waals surface area contributed by atoms with Gasteiger partial charge in [-0.15, -0.1) is 0 Å². The molecule has 0 spiro atoms. The van der Waals surface area contributed by atoms with Gasteiger partial charge in [0.25, 0.3) is 0 Å². The molecule has 2 N–H and O–H groups in total. The van der Waals surface area contributed by atoms with Crippen molar-refractivity contribution >= 4 is 18.6 Å². The van der Waals surface area contributed by atoms with Crippen LogP contribution < -0.4 is 5.73 Å². The highest BCUT2D eigenvalue weighted by Crippen LogP contribution is 2.21. The number of carbonyl (C=O) groups excluding carboxylic acids is 1. The summed E-state index contributed by atoms with van der Waals surface area (Å²) in [6.45, 7) is 0. The Morgan fingerprint density at radius 1 is 1.58 bits per heavy atom. The van der Waals surface area contributed by atoms with Crippen molar-refractivity contribution in [1.29, 1.82) is 0 Å². The molecule has 12 heavy (non-hydrogen) atoms. The van der Waals surface area contributed by atoms with E-state index in [0.717, 1.165) is 25.7 Å². The Kier molecular flexibility index (Phi) is 3.88. The van der Waals surface area contributed by atoms with Gasteiger partial charge in [-0.1, -0.05) is 0 Å². The van der Waals surface area contributed by atoms with Gasteiger partial charge in [0, 0.05) is 5.75 Å². The van der Waals surface area contributed by atoms with Crippen molar-refractivity contribution < 1.29 is 9.53 Å². The zero-order valence-corrected chi connectivity index (χ0v) is 7.93. The average Bonchev–Trinajstić information content (AvgIpc) is 2.55. The molecule has 0 aliphatic heterocycles. The Bertz CT molecular complexity index is 157. The molecule has 70 valence electrons. The van der Waals surface area contributed by atoms with Crippen molar-refractivity contribution in [2.45, 2.75) is 37.8 Å². The van der Waals surface area contributed by atoms with Gasteiger partial charge < -0.3 is 10.5 Å². The third kappa shape index (κ3) is 2.68. The van der Waals surface area contributed by atoms with E-state index in [1.807, 2.05) is 0 Å². The minimum atomic E-state index is -0.561. The van der Waals surface area contributed by atoms with Gasteiger partial charge >= 0.3 is 5.97 Å². The molecular formula is C8H15NO2S. The SMILES string of the molecule is N[C@H](CS)C(=O)OC1CCCC1. The molecule has 0 heterocycles. The predicted molar refractivity (Wildman–Crippen MR) is 50.2 cm³/mol. The van der Waals surface area contributed by atoms with Gasteiger partial charge in [-0.05, 0) is 25.7 Å². The molecule has 0 aromatic heterocycles. The lowest BCUT2D eigenvalue weighted by Crippen LogP contribution is -2.35. The molecular weight excluding hydrogens is 174 g/mol. The first-order chi connectivity index (χ1) is 5.74. The van der Waals surface area contributed by atoms with Gasteiger partial charge in [-0.2, -0.15) is 12.6 Å². The summed E-state index contributed by atoms with van der Waals surface area (Å²) in [6.07, 6.45) is 4.42. The normalized spacial score (nSPS) is 20.8. The number of ether oxygens (including phenoxy) is 1. The number of hydrogen-bond acceptors (Lipinski definition) is 4. The van der Waals surface area contributed by atoms with Crippen LogP contribution in [0.15, 0.2) is 0 Å². The topological polar surface area (TPSA) is 52.3 Å². The van der Waals surface area contributed by atoms with E-state index in [4.69, 9.17) is 10.5 Å². The van der Waals surface area contributed by atoms with Crippen LogP contribution in [0.5, 0.6) is 0 Å². The second-order valence-electron chi connectivity index (χ2n) is 3.13. The number of carbonyl (C=O) groups is 1. The van der Waals surface area contributed by atoms with Crippen molar-refractivity contribution in [2.24, 2.45) is 5.73 Å². The summed E-state index contributed by atoms with van der Waals surface area (Å²) in [4.78, 5) is 11.1. The van der Waals surface area contributed by atoms with Crippen molar-refractivity contribution in [3.8, 4) is 0 Å². The van der Waals surface area contributed by atoms with Crippen LogP contribution >= 0.6 is 12.6 Å². The van der Waals surface area contributed by atoms with Gasteiger partial charge in [0.2, 0.25) is 0 Å². The summed E-state index contributed by atoms with van der Waals surface area (Å²) in [5.74, 6) is 0.0443. The smallest absolute Gasteiger partial charge is 0.324 e. The summed E-state index contributed by atoms with van der Waals surface area (Å²) < 4.78 is 5.15. The molecule has 3 nitrogen and oxygen atoms in total. The maximum absolute atomic E-state index is 11.1. The molecule has 0 aromatic rings. The second kappa shape index (κ2) is 4.72. The van der Waals surface area contributed by atoms with Gasteiger partial charge in [-0.25, -0.2) is 0 Å². The molecule has 0 unspecified atom stereocenters. The van der Waals surface area contributed by atoms with E-state index in [9.17, 15) is 4.79 Å². The zero-order chi connectivity index (χ0) is 8.97. The number of thiol groups is 1. The van der Waals surface area contributed by atoms with E-state index in [0.29, 0.717) is 5.75 Å². The highest BCUT2D eigenvalue weighted by molar-refractivity contribution is 7.80. The van der Waals surface area contributed by atoms with Crippen LogP contribution in [0.3, 0.4) is 0 Å². The standard InChI is InChI=1S/C8H15NO2S/c9-7(5-12)8(10)11-6-3-1-2-4-6/h6-7,12H,1-5,9H2/t7-/m1/s1. The lowest BCUT2D eigenvalue weighted by molar-refractivity contribution is -0.149. The predicted octanol–water partition coefficient (Wildman–Crippen LogP) is 0.729. The van der Waals surface area contributed by atoms with Crippen LogP contribution in [0.1, 0.15) is 25.7 Å². The van der Waals surface area contributed by atoms with E-state index >= 15 is 0 Å². The molecule has 0 amide bonds. The van der Waals surface area contributed by atoms with Gasteiger partial charge in [-0.3, -0.25) is 4.79 Å². The van der Waals surface area contributed by atoms with E-state index in [2.05, 4.69) is 12.6 Å². The number of esters is 1. The second-order valence-corrected chi connectivity index (χ2v) is 3.50. The van der Waals surface area contributed by atoms with Crippen LogP contribution in [0.25, 0.3) is 0 Å². The van der Waals surface area contributed by atoms with Gasteiger partial charge in [0.1, 0.15) is 12.1 Å². The highest BCUT2D eigenvalue weighted by atomic mass is 32.1. The molecule has 0 radical (unpaired) electrons. The monoisotopic (exact) mass is 189 g/mol. The molecule has 1 atom stereocenters. The maximum atomic E-state index is 11.1. The quantitative estimate of drug-likeness (QED) is 0.508. The molecule has 0 bridgehead atoms. The Labute approximate surface area is 78.1 Å². The third-order valence-corrected chi connectivity index (χ3v) is 2.48. The van der Waals surface area contributed by atoms with E-state index in [1.54, 1.807) is 0 Å². The first-order valence-electron chi connectivity index (χ1n) is 4.31.